The summed E-state index contributed by atoms with van der Waals surface area (Å²) in [7, 11) is 1.58. The van der Waals surface area contributed by atoms with Gasteiger partial charge in [0.15, 0.2) is 11.5 Å². The molecule has 0 saturated carbocycles. The molecule has 0 radical (unpaired) electrons. The van der Waals surface area contributed by atoms with E-state index in [4.69, 9.17) is 21.1 Å². The number of aromatic nitrogens is 1. The number of methoxy groups -OCH3 is 1. The van der Waals surface area contributed by atoms with Gasteiger partial charge >= 0.3 is 6.18 Å². The smallest absolute Gasteiger partial charge is 0.417 e. The molecule has 0 atom stereocenters. The molecule has 1 amide bonds. The zero-order valence-electron chi connectivity index (χ0n) is 19.5. The number of carbonyl (C=O) groups excluding carboxylic acids is 1. The van der Waals surface area contributed by atoms with Crippen LogP contribution in [0.4, 0.5) is 19.0 Å². The Balaban J connectivity index is 1.63. The lowest BCUT2D eigenvalue weighted by atomic mass is 9.95. The molecule has 1 aromatic heterocycles. The first-order valence-electron chi connectivity index (χ1n) is 11.2. The largest absolute Gasteiger partial charge is 0.493 e. The van der Waals surface area contributed by atoms with Crippen molar-refractivity contribution < 1.29 is 27.4 Å². The zero-order valence-corrected chi connectivity index (χ0v) is 20.2. The molecular weight excluding hydrogens is 471 g/mol. The highest BCUT2D eigenvalue weighted by Gasteiger charge is 2.33. The van der Waals surface area contributed by atoms with E-state index >= 15 is 0 Å². The Morgan fingerprint density at radius 1 is 1.21 bits per heavy atom. The molecule has 3 rings (SSSR count). The van der Waals surface area contributed by atoms with Crippen LogP contribution in [0.1, 0.15) is 37.8 Å². The molecule has 0 bridgehead atoms. The Kier molecular flexibility index (Phi) is 8.52. The van der Waals surface area contributed by atoms with E-state index in [1.165, 1.54) is 0 Å². The highest BCUT2D eigenvalue weighted by molar-refractivity contribution is 6.33. The van der Waals surface area contributed by atoms with Crippen molar-refractivity contribution in [2.24, 2.45) is 5.92 Å². The Morgan fingerprint density at radius 2 is 1.91 bits per heavy atom. The molecule has 1 fully saturated rings. The molecule has 1 aliphatic heterocycles. The van der Waals surface area contributed by atoms with Crippen LogP contribution in [-0.4, -0.2) is 49.1 Å². The van der Waals surface area contributed by atoms with Gasteiger partial charge in [-0.15, -0.1) is 0 Å². The van der Waals surface area contributed by atoms with Gasteiger partial charge in [0.05, 0.1) is 24.3 Å². The van der Waals surface area contributed by atoms with Crippen LogP contribution in [0.5, 0.6) is 11.5 Å². The lowest BCUT2D eigenvalue weighted by Crippen LogP contribution is -2.42. The maximum absolute atomic E-state index is 13.2. The van der Waals surface area contributed by atoms with Gasteiger partial charge in [-0.1, -0.05) is 17.7 Å². The first-order valence-corrected chi connectivity index (χ1v) is 11.6. The van der Waals surface area contributed by atoms with Crippen molar-refractivity contribution in [3.63, 3.8) is 0 Å². The molecule has 6 nitrogen and oxygen atoms in total. The number of nitrogens with zero attached hydrogens (tertiary/aromatic N) is 3. The van der Waals surface area contributed by atoms with Crippen LogP contribution in [0.25, 0.3) is 0 Å². The third kappa shape index (κ3) is 6.05. The van der Waals surface area contributed by atoms with Gasteiger partial charge in [-0.3, -0.25) is 4.79 Å². The van der Waals surface area contributed by atoms with E-state index in [0.717, 1.165) is 17.8 Å². The number of benzene rings is 1. The summed E-state index contributed by atoms with van der Waals surface area (Å²) in [6, 6.07) is 6.53. The first-order chi connectivity index (χ1) is 16.2. The number of rotatable bonds is 8. The fourth-order valence-electron chi connectivity index (χ4n) is 4.07. The van der Waals surface area contributed by atoms with E-state index in [9.17, 15) is 18.0 Å². The lowest BCUT2D eigenvalue weighted by molar-refractivity contribution is -0.138. The van der Waals surface area contributed by atoms with Crippen molar-refractivity contribution in [1.82, 2.24) is 9.88 Å². The van der Waals surface area contributed by atoms with Gasteiger partial charge in [-0.2, -0.15) is 13.2 Å². The van der Waals surface area contributed by atoms with Crippen molar-refractivity contribution in [3.05, 3.63) is 46.6 Å². The summed E-state index contributed by atoms with van der Waals surface area (Å²) in [6.45, 7) is 6.35. The van der Waals surface area contributed by atoms with E-state index < -0.39 is 11.7 Å². The van der Waals surface area contributed by atoms with Crippen molar-refractivity contribution in [2.45, 2.75) is 39.4 Å². The SMILES string of the molecule is CCOc1ccc(CN(CC)C(=O)C2CCN(c3ncc(C(F)(F)F)cc3Cl)CC2)cc1OC. The summed E-state index contributed by atoms with van der Waals surface area (Å²) < 4.78 is 49.6. The summed E-state index contributed by atoms with van der Waals surface area (Å²) in [4.78, 5) is 20.8. The molecule has 1 saturated heterocycles. The molecule has 10 heteroatoms. The van der Waals surface area contributed by atoms with E-state index in [-0.39, 0.29) is 16.8 Å². The van der Waals surface area contributed by atoms with Gasteiger partial charge < -0.3 is 19.3 Å². The van der Waals surface area contributed by atoms with Gasteiger partial charge in [0.1, 0.15) is 5.82 Å². The summed E-state index contributed by atoms with van der Waals surface area (Å²) in [5.41, 5.74) is 0.0597. The minimum absolute atomic E-state index is 0.0424. The second-order valence-corrected chi connectivity index (χ2v) is 8.47. The standard InChI is InChI=1S/C24H29ClF3N3O3/c1-4-30(15-16-6-7-20(34-5-2)21(12-16)33-3)23(32)17-8-10-31(11-9-17)22-19(25)13-18(14-29-22)24(26,27)28/h6-7,12-14,17H,4-5,8-11,15H2,1-3H3. The number of amides is 1. The molecule has 0 aliphatic carbocycles. The maximum Gasteiger partial charge on any atom is 0.417 e. The topological polar surface area (TPSA) is 54.9 Å². The van der Waals surface area contributed by atoms with Crippen molar-refractivity contribution in [3.8, 4) is 11.5 Å². The van der Waals surface area contributed by atoms with Gasteiger partial charge in [0, 0.05) is 38.3 Å². The number of ether oxygens (including phenoxy) is 2. The van der Waals surface area contributed by atoms with E-state index in [1.54, 1.807) is 12.0 Å². The van der Waals surface area contributed by atoms with E-state index in [2.05, 4.69) is 4.98 Å². The second kappa shape index (κ2) is 11.2. The summed E-state index contributed by atoms with van der Waals surface area (Å²) in [5.74, 6) is 1.48. The van der Waals surface area contributed by atoms with Crippen LogP contribution in [0.15, 0.2) is 30.5 Å². The molecule has 186 valence electrons. The van der Waals surface area contributed by atoms with Crippen LogP contribution in [-0.2, 0) is 17.5 Å². The Morgan fingerprint density at radius 3 is 2.47 bits per heavy atom. The van der Waals surface area contributed by atoms with Crippen LogP contribution in [0.2, 0.25) is 5.02 Å². The highest BCUT2D eigenvalue weighted by atomic mass is 35.5. The number of carbonyl (C=O) groups is 1. The number of pyridine rings is 1. The van der Waals surface area contributed by atoms with Gasteiger partial charge in [0.2, 0.25) is 5.91 Å². The van der Waals surface area contributed by atoms with Crippen LogP contribution < -0.4 is 14.4 Å². The van der Waals surface area contributed by atoms with Crippen molar-refractivity contribution in [2.75, 3.05) is 38.3 Å². The third-order valence-corrected chi connectivity index (χ3v) is 6.17. The molecule has 0 spiro atoms. The fraction of sp³-hybridized carbons (Fsp3) is 0.500. The maximum atomic E-state index is 13.2. The van der Waals surface area contributed by atoms with Crippen molar-refractivity contribution in [1.29, 1.82) is 0 Å². The van der Waals surface area contributed by atoms with Gasteiger partial charge in [-0.05, 0) is 50.5 Å². The van der Waals surface area contributed by atoms with Gasteiger partial charge in [0.25, 0.3) is 0 Å². The fourth-order valence-corrected chi connectivity index (χ4v) is 4.35. The van der Waals surface area contributed by atoms with Crippen molar-refractivity contribution >= 4 is 23.3 Å². The number of hydrogen-bond acceptors (Lipinski definition) is 5. The van der Waals surface area contributed by atoms with Crippen LogP contribution in [0.3, 0.4) is 0 Å². The first kappa shape index (κ1) is 25.9. The highest BCUT2D eigenvalue weighted by Crippen LogP contribution is 2.35. The average Bonchev–Trinajstić information content (AvgIpc) is 2.82. The quantitative estimate of drug-likeness (QED) is 0.485. The third-order valence-electron chi connectivity index (χ3n) is 5.89. The minimum atomic E-state index is -4.49. The van der Waals surface area contributed by atoms with Crippen LogP contribution in [0, 0.1) is 5.92 Å². The predicted molar refractivity (Wildman–Crippen MR) is 124 cm³/mol. The molecule has 1 aliphatic rings. The summed E-state index contributed by atoms with van der Waals surface area (Å²) in [5, 5.41) is -0.0424. The molecule has 0 N–H and O–H groups in total. The lowest BCUT2D eigenvalue weighted by Gasteiger charge is -2.35. The van der Waals surface area contributed by atoms with Crippen LogP contribution >= 0.6 is 11.6 Å². The monoisotopic (exact) mass is 499 g/mol. The number of alkyl halides is 3. The Bertz CT molecular complexity index is 995. The minimum Gasteiger partial charge on any atom is -0.493 e. The number of hydrogen-bond donors (Lipinski definition) is 0. The molecule has 0 unspecified atom stereocenters. The molecular formula is C24H29ClF3N3O3. The summed E-state index contributed by atoms with van der Waals surface area (Å²) in [6.07, 6.45) is -2.56. The second-order valence-electron chi connectivity index (χ2n) is 8.06. The molecule has 2 aromatic rings. The molecule has 2 heterocycles. The number of anilines is 1. The Labute approximate surface area is 202 Å². The Hall–Kier alpha value is -2.68. The van der Waals surface area contributed by atoms with Gasteiger partial charge in [-0.25, -0.2) is 4.98 Å². The predicted octanol–water partition coefficient (Wildman–Crippen LogP) is 5.43. The normalized spacial score (nSPS) is 14.7. The number of piperidine rings is 1. The van der Waals surface area contributed by atoms with E-state index in [0.29, 0.717) is 62.9 Å². The zero-order chi connectivity index (χ0) is 24.9. The van der Waals surface area contributed by atoms with E-state index in [1.807, 2.05) is 36.9 Å². The molecule has 1 aromatic carbocycles. The molecule has 34 heavy (non-hydrogen) atoms. The average molecular weight is 500 g/mol. The summed E-state index contributed by atoms with van der Waals surface area (Å²) >= 11 is 6.09. The number of halogens is 4.